The van der Waals surface area contributed by atoms with Crippen LogP contribution in [0.15, 0.2) is 28.3 Å². The van der Waals surface area contributed by atoms with Gasteiger partial charge in [-0.1, -0.05) is 0 Å². The summed E-state index contributed by atoms with van der Waals surface area (Å²) < 4.78 is 21.8. The number of sulfone groups is 1. The van der Waals surface area contributed by atoms with Gasteiger partial charge in [-0.15, -0.1) is 12.6 Å². The summed E-state index contributed by atoms with van der Waals surface area (Å²) in [4.78, 5) is 4.27. The van der Waals surface area contributed by atoms with Crippen molar-refractivity contribution in [3.63, 3.8) is 0 Å². The lowest BCUT2D eigenvalue weighted by atomic mass is 10.5. The molecular formula is C6H7NO2S2. The Kier molecular flexibility index (Phi) is 2.20. The molecule has 1 aromatic rings. The average molecular weight is 189 g/mol. The van der Waals surface area contributed by atoms with Crippen molar-refractivity contribution >= 4 is 22.5 Å². The molecule has 1 heterocycles. The number of rotatable bonds is 1. The Morgan fingerprint density at radius 1 is 1.55 bits per heavy atom. The lowest BCUT2D eigenvalue weighted by Crippen LogP contribution is -1.99. The minimum Gasteiger partial charge on any atom is -0.245 e. The molecule has 0 atom stereocenters. The normalized spacial score (nSPS) is 11.5. The molecule has 0 aromatic carbocycles. The van der Waals surface area contributed by atoms with Crippen LogP contribution in [-0.4, -0.2) is 19.7 Å². The second kappa shape index (κ2) is 2.83. The quantitative estimate of drug-likeness (QED) is 0.664. The summed E-state index contributed by atoms with van der Waals surface area (Å²) in [6, 6.07) is 3.04. The SMILES string of the molecule is CS(=O)(=O)c1cc(S)ccn1. The minimum absolute atomic E-state index is 0.0602. The highest BCUT2D eigenvalue weighted by atomic mass is 32.2. The predicted octanol–water partition coefficient (Wildman–Crippen LogP) is 0.774. The van der Waals surface area contributed by atoms with Gasteiger partial charge in [-0.05, 0) is 12.1 Å². The molecule has 0 aliphatic carbocycles. The van der Waals surface area contributed by atoms with Gasteiger partial charge >= 0.3 is 0 Å². The van der Waals surface area contributed by atoms with E-state index in [2.05, 4.69) is 17.6 Å². The molecule has 0 unspecified atom stereocenters. The van der Waals surface area contributed by atoms with Crippen molar-refractivity contribution < 1.29 is 8.42 Å². The van der Waals surface area contributed by atoms with Crippen LogP contribution in [-0.2, 0) is 9.84 Å². The number of hydrogen-bond acceptors (Lipinski definition) is 4. The molecule has 1 aromatic heterocycles. The molecule has 0 bridgehead atoms. The second-order valence-electron chi connectivity index (χ2n) is 2.12. The second-order valence-corrected chi connectivity index (χ2v) is 4.60. The lowest BCUT2D eigenvalue weighted by Gasteiger charge is -1.95. The Morgan fingerprint density at radius 3 is 2.55 bits per heavy atom. The fourth-order valence-corrected chi connectivity index (χ4v) is 1.47. The van der Waals surface area contributed by atoms with E-state index >= 15 is 0 Å². The molecule has 0 aliphatic heterocycles. The molecule has 0 saturated carbocycles. The van der Waals surface area contributed by atoms with Crippen LogP contribution in [0.5, 0.6) is 0 Å². The molecule has 0 saturated heterocycles. The van der Waals surface area contributed by atoms with E-state index in [1.807, 2.05) is 0 Å². The zero-order chi connectivity index (χ0) is 8.48. The molecule has 0 radical (unpaired) electrons. The van der Waals surface area contributed by atoms with Crippen LogP contribution in [0, 0.1) is 0 Å². The van der Waals surface area contributed by atoms with E-state index in [4.69, 9.17) is 0 Å². The standard InChI is InChI=1S/C6H7NO2S2/c1-11(8,9)6-4-5(10)2-3-7-6/h2-4H,1H3,(H,7,10). The van der Waals surface area contributed by atoms with Gasteiger partial charge in [0.2, 0.25) is 0 Å². The summed E-state index contributed by atoms with van der Waals surface area (Å²) in [6.07, 6.45) is 2.53. The van der Waals surface area contributed by atoms with Crippen LogP contribution < -0.4 is 0 Å². The number of hydrogen-bond donors (Lipinski definition) is 1. The Labute approximate surface area is 70.8 Å². The third-order valence-electron chi connectivity index (χ3n) is 1.10. The minimum atomic E-state index is -3.19. The van der Waals surface area contributed by atoms with Gasteiger partial charge in [-0.25, -0.2) is 13.4 Å². The maximum absolute atomic E-state index is 10.9. The average Bonchev–Trinajstić information content (AvgIpc) is 1.86. The van der Waals surface area contributed by atoms with Crippen LogP contribution >= 0.6 is 12.6 Å². The van der Waals surface area contributed by atoms with Crippen LogP contribution in [0.3, 0.4) is 0 Å². The van der Waals surface area contributed by atoms with Crippen molar-refractivity contribution in [2.75, 3.05) is 6.26 Å². The first-order valence-electron chi connectivity index (χ1n) is 2.85. The van der Waals surface area contributed by atoms with Crippen molar-refractivity contribution in [1.29, 1.82) is 0 Å². The van der Waals surface area contributed by atoms with Gasteiger partial charge in [0.05, 0.1) is 0 Å². The number of nitrogens with zero attached hydrogens (tertiary/aromatic N) is 1. The number of pyridine rings is 1. The van der Waals surface area contributed by atoms with E-state index in [0.717, 1.165) is 6.26 Å². The Balaban J connectivity index is 3.28. The largest absolute Gasteiger partial charge is 0.245 e. The highest BCUT2D eigenvalue weighted by Gasteiger charge is 2.07. The van der Waals surface area contributed by atoms with Crippen molar-refractivity contribution in [2.24, 2.45) is 0 Å². The van der Waals surface area contributed by atoms with Crippen molar-refractivity contribution in [1.82, 2.24) is 4.98 Å². The summed E-state index contributed by atoms with van der Waals surface area (Å²) in [5.74, 6) is 0. The van der Waals surface area contributed by atoms with Crippen LogP contribution in [0.25, 0.3) is 0 Å². The molecular weight excluding hydrogens is 182 g/mol. The van der Waals surface area contributed by atoms with Gasteiger partial charge in [0.25, 0.3) is 0 Å². The van der Waals surface area contributed by atoms with Gasteiger partial charge in [0, 0.05) is 17.3 Å². The van der Waals surface area contributed by atoms with E-state index < -0.39 is 9.84 Å². The van der Waals surface area contributed by atoms with Crippen molar-refractivity contribution in [3.8, 4) is 0 Å². The molecule has 0 spiro atoms. The molecule has 11 heavy (non-hydrogen) atoms. The van der Waals surface area contributed by atoms with E-state index in [1.165, 1.54) is 12.3 Å². The summed E-state index contributed by atoms with van der Waals surface area (Å²) in [6.45, 7) is 0. The molecule has 60 valence electrons. The number of aromatic nitrogens is 1. The first-order chi connectivity index (χ1) is 5.00. The highest BCUT2D eigenvalue weighted by Crippen LogP contribution is 2.09. The fraction of sp³-hybridized carbons (Fsp3) is 0.167. The van der Waals surface area contributed by atoms with Crippen molar-refractivity contribution in [2.45, 2.75) is 9.92 Å². The molecule has 3 nitrogen and oxygen atoms in total. The molecule has 5 heteroatoms. The summed E-state index contributed by atoms with van der Waals surface area (Å²) in [5.41, 5.74) is 0. The van der Waals surface area contributed by atoms with E-state index in [0.29, 0.717) is 4.90 Å². The first-order valence-corrected chi connectivity index (χ1v) is 5.19. The monoisotopic (exact) mass is 189 g/mol. The molecule has 0 fully saturated rings. The molecule has 0 aliphatic rings. The van der Waals surface area contributed by atoms with Gasteiger partial charge in [-0.3, -0.25) is 0 Å². The van der Waals surface area contributed by atoms with Crippen molar-refractivity contribution in [3.05, 3.63) is 18.3 Å². The van der Waals surface area contributed by atoms with Gasteiger partial charge in [0.15, 0.2) is 14.9 Å². The molecule has 0 N–H and O–H groups in total. The van der Waals surface area contributed by atoms with E-state index in [9.17, 15) is 8.42 Å². The fourth-order valence-electron chi connectivity index (χ4n) is 0.602. The van der Waals surface area contributed by atoms with Gasteiger partial charge in [0.1, 0.15) is 0 Å². The third kappa shape index (κ3) is 2.20. The summed E-state index contributed by atoms with van der Waals surface area (Å²) in [5, 5.41) is 0.0602. The Morgan fingerprint density at radius 2 is 2.18 bits per heavy atom. The smallest absolute Gasteiger partial charge is 0.192 e. The maximum Gasteiger partial charge on any atom is 0.192 e. The zero-order valence-electron chi connectivity index (χ0n) is 5.85. The predicted molar refractivity (Wildman–Crippen MR) is 44.6 cm³/mol. The Hall–Kier alpha value is -0.550. The first kappa shape index (κ1) is 8.55. The van der Waals surface area contributed by atoms with Crippen LogP contribution in [0.4, 0.5) is 0 Å². The van der Waals surface area contributed by atoms with Gasteiger partial charge < -0.3 is 0 Å². The van der Waals surface area contributed by atoms with Gasteiger partial charge in [-0.2, -0.15) is 0 Å². The highest BCUT2D eigenvalue weighted by molar-refractivity contribution is 7.90. The summed E-state index contributed by atoms with van der Waals surface area (Å²) >= 11 is 3.98. The summed E-state index contributed by atoms with van der Waals surface area (Å²) in [7, 11) is -3.19. The zero-order valence-corrected chi connectivity index (χ0v) is 7.56. The molecule has 1 rings (SSSR count). The third-order valence-corrected chi connectivity index (χ3v) is 2.36. The molecule has 0 amide bonds. The van der Waals surface area contributed by atoms with Crippen LogP contribution in [0.2, 0.25) is 0 Å². The lowest BCUT2D eigenvalue weighted by molar-refractivity contribution is 0.598. The Bertz CT molecular complexity index is 359. The maximum atomic E-state index is 10.9. The topological polar surface area (TPSA) is 47.0 Å². The van der Waals surface area contributed by atoms with E-state index in [-0.39, 0.29) is 5.03 Å². The van der Waals surface area contributed by atoms with E-state index in [1.54, 1.807) is 6.07 Å². The number of thiol groups is 1. The van der Waals surface area contributed by atoms with Crippen LogP contribution in [0.1, 0.15) is 0 Å².